The zero-order valence-electron chi connectivity index (χ0n) is 10.5. The minimum absolute atomic E-state index is 0.402. The number of sulfonamides is 1. The molecule has 0 aromatic rings. The summed E-state index contributed by atoms with van der Waals surface area (Å²) >= 11 is 0. The van der Waals surface area contributed by atoms with Crippen molar-refractivity contribution in [3.8, 4) is 0 Å². The first-order chi connectivity index (χ1) is 7.91. The van der Waals surface area contributed by atoms with E-state index in [1.807, 2.05) is 6.92 Å². The summed E-state index contributed by atoms with van der Waals surface area (Å²) in [6.45, 7) is 5.27. The fraction of sp³-hybridized carbons (Fsp3) is 1.00. The minimum Gasteiger partial charge on any atom is -0.379 e. The van der Waals surface area contributed by atoms with Crippen molar-refractivity contribution >= 4 is 10.0 Å². The van der Waals surface area contributed by atoms with Gasteiger partial charge in [-0.15, -0.1) is 0 Å². The molecule has 0 spiro atoms. The van der Waals surface area contributed by atoms with E-state index in [9.17, 15) is 8.42 Å². The van der Waals surface area contributed by atoms with Crippen LogP contribution >= 0.6 is 0 Å². The molecule has 1 heterocycles. The average Bonchev–Trinajstić information content (AvgIpc) is 2.97. The molecule has 0 amide bonds. The molecule has 100 valence electrons. The Balaban J connectivity index is 1.87. The molecule has 6 heteroatoms. The van der Waals surface area contributed by atoms with Crippen LogP contribution in [0.2, 0.25) is 0 Å². The fourth-order valence-corrected chi connectivity index (χ4v) is 3.29. The Morgan fingerprint density at radius 3 is 2.71 bits per heavy atom. The van der Waals surface area contributed by atoms with E-state index in [1.165, 1.54) is 12.8 Å². The first-order valence-electron chi connectivity index (χ1n) is 6.25. The number of nitrogens with one attached hydrogen (secondary N) is 2. The smallest absolute Gasteiger partial charge is 0.216 e. The summed E-state index contributed by atoms with van der Waals surface area (Å²) in [5.74, 6) is 0. The van der Waals surface area contributed by atoms with Crippen LogP contribution in [0.5, 0.6) is 0 Å². The minimum atomic E-state index is -3.26. The van der Waals surface area contributed by atoms with E-state index < -0.39 is 20.8 Å². The lowest BCUT2D eigenvalue weighted by Gasteiger charge is -2.25. The van der Waals surface area contributed by atoms with Gasteiger partial charge in [-0.2, -0.15) is 0 Å². The van der Waals surface area contributed by atoms with Gasteiger partial charge in [-0.1, -0.05) is 0 Å². The van der Waals surface area contributed by atoms with Crippen LogP contribution in [0.4, 0.5) is 0 Å². The van der Waals surface area contributed by atoms with Crippen molar-refractivity contribution in [3.63, 3.8) is 0 Å². The Hall–Kier alpha value is -0.170. The standard InChI is InChI=1S/C11H22N2O3S/c1-9(7-12-10-3-4-10)17(14,15)13-11(2)5-6-16-8-11/h9-10,12-13H,3-8H2,1-2H3. The molecule has 2 unspecified atom stereocenters. The second-order valence-electron chi connectivity index (χ2n) is 5.50. The van der Waals surface area contributed by atoms with E-state index in [1.54, 1.807) is 6.92 Å². The molecule has 1 saturated carbocycles. The van der Waals surface area contributed by atoms with Crippen molar-refractivity contribution in [1.82, 2.24) is 10.0 Å². The molecule has 1 aliphatic heterocycles. The molecule has 2 rings (SSSR count). The Morgan fingerprint density at radius 2 is 2.18 bits per heavy atom. The number of hydrogen-bond donors (Lipinski definition) is 2. The maximum Gasteiger partial charge on any atom is 0.216 e. The summed E-state index contributed by atoms with van der Waals surface area (Å²) in [4.78, 5) is 0. The highest BCUT2D eigenvalue weighted by Gasteiger charge is 2.36. The molecular formula is C11H22N2O3S. The predicted molar refractivity (Wildman–Crippen MR) is 66.4 cm³/mol. The normalized spacial score (nSPS) is 31.6. The molecule has 0 bridgehead atoms. The Morgan fingerprint density at radius 1 is 1.47 bits per heavy atom. The van der Waals surface area contributed by atoms with E-state index in [0.717, 1.165) is 6.42 Å². The third-order valence-electron chi connectivity index (χ3n) is 3.41. The highest BCUT2D eigenvalue weighted by Crippen LogP contribution is 2.21. The summed E-state index contributed by atoms with van der Waals surface area (Å²) in [6.07, 6.45) is 3.09. The largest absolute Gasteiger partial charge is 0.379 e. The van der Waals surface area contributed by atoms with Crippen LogP contribution in [0, 0.1) is 0 Å². The van der Waals surface area contributed by atoms with Crippen molar-refractivity contribution < 1.29 is 13.2 Å². The van der Waals surface area contributed by atoms with Crippen molar-refractivity contribution in [3.05, 3.63) is 0 Å². The van der Waals surface area contributed by atoms with Gasteiger partial charge < -0.3 is 10.1 Å². The first kappa shape index (κ1) is 13.3. The van der Waals surface area contributed by atoms with Gasteiger partial charge in [0.05, 0.1) is 17.4 Å². The van der Waals surface area contributed by atoms with Gasteiger partial charge >= 0.3 is 0 Å². The van der Waals surface area contributed by atoms with Crippen molar-refractivity contribution in [1.29, 1.82) is 0 Å². The van der Waals surface area contributed by atoms with E-state index in [0.29, 0.717) is 25.8 Å². The summed E-state index contributed by atoms with van der Waals surface area (Å²) in [5.41, 5.74) is -0.424. The molecular weight excluding hydrogens is 240 g/mol. The molecule has 2 atom stereocenters. The number of ether oxygens (including phenoxy) is 1. The monoisotopic (exact) mass is 262 g/mol. The maximum atomic E-state index is 12.1. The second-order valence-corrected chi connectivity index (χ2v) is 7.60. The van der Waals surface area contributed by atoms with Crippen LogP contribution in [0.1, 0.15) is 33.1 Å². The van der Waals surface area contributed by atoms with Crippen LogP contribution in [0.25, 0.3) is 0 Å². The summed E-state index contributed by atoms with van der Waals surface area (Å²) in [6, 6.07) is 0.540. The molecule has 0 aromatic carbocycles. The highest BCUT2D eigenvalue weighted by molar-refractivity contribution is 7.90. The Kier molecular flexibility index (Phi) is 3.77. The SMILES string of the molecule is CC(CNC1CC1)S(=O)(=O)NC1(C)CCOC1. The topological polar surface area (TPSA) is 67.4 Å². The first-order valence-corrected chi connectivity index (χ1v) is 7.80. The van der Waals surface area contributed by atoms with Gasteiger partial charge in [-0.05, 0) is 33.1 Å². The molecule has 17 heavy (non-hydrogen) atoms. The zero-order valence-corrected chi connectivity index (χ0v) is 11.3. The molecule has 2 N–H and O–H groups in total. The third-order valence-corrected chi connectivity index (χ3v) is 5.41. The van der Waals surface area contributed by atoms with Crippen molar-refractivity contribution in [2.45, 2.75) is 49.9 Å². The van der Waals surface area contributed by atoms with Gasteiger partial charge in [0.25, 0.3) is 0 Å². The fourth-order valence-electron chi connectivity index (χ4n) is 1.92. The van der Waals surface area contributed by atoms with Gasteiger partial charge in [-0.3, -0.25) is 0 Å². The van der Waals surface area contributed by atoms with Crippen molar-refractivity contribution in [2.24, 2.45) is 0 Å². The second kappa shape index (κ2) is 4.84. The number of rotatable bonds is 6. The van der Waals surface area contributed by atoms with Crippen LogP contribution < -0.4 is 10.0 Å². The molecule has 0 radical (unpaired) electrons. The van der Waals surface area contributed by atoms with E-state index in [4.69, 9.17) is 4.74 Å². The van der Waals surface area contributed by atoms with Crippen molar-refractivity contribution in [2.75, 3.05) is 19.8 Å². The van der Waals surface area contributed by atoms with Gasteiger partial charge in [0.1, 0.15) is 0 Å². The van der Waals surface area contributed by atoms with E-state index in [-0.39, 0.29) is 0 Å². The third kappa shape index (κ3) is 3.64. The molecule has 5 nitrogen and oxygen atoms in total. The van der Waals surface area contributed by atoms with Gasteiger partial charge in [0.15, 0.2) is 0 Å². The maximum absolute atomic E-state index is 12.1. The van der Waals surface area contributed by atoms with Gasteiger partial charge in [0, 0.05) is 19.2 Å². The molecule has 2 aliphatic rings. The van der Waals surface area contributed by atoms with Crippen LogP contribution in [0.3, 0.4) is 0 Å². The zero-order chi connectivity index (χ0) is 12.5. The molecule has 1 saturated heterocycles. The lowest BCUT2D eigenvalue weighted by Crippen LogP contribution is -2.51. The van der Waals surface area contributed by atoms with Gasteiger partial charge in [-0.25, -0.2) is 13.1 Å². The predicted octanol–water partition coefficient (Wildman–Crippen LogP) is 0.225. The molecule has 0 aromatic heterocycles. The summed E-state index contributed by atoms with van der Waals surface area (Å²) in [5, 5.41) is 2.85. The van der Waals surface area contributed by atoms with Gasteiger partial charge in [0.2, 0.25) is 10.0 Å². The Labute approximate surface area is 103 Å². The Bertz CT molecular complexity index is 359. The highest BCUT2D eigenvalue weighted by atomic mass is 32.2. The van der Waals surface area contributed by atoms with E-state index >= 15 is 0 Å². The quantitative estimate of drug-likeness (QED) is 0.719. The van der Waals surface area contributed by atoms with Crippen LogP contribution in [-0.2, 0) is 14.8 Å². The summed E-state index contributed by atoms with van der Waals surface area (Å²) < 4.78 is 32.3. The number of hydrogen-bond acceptors (Lipinski definition) is 4. The molecule has 1 aliphatic carbocycles. The lowest BCUT2D eigenvalue weighted by atomic mass is 10.0. The molecule has 2 fully saturated rings. The lowest BCUT2D eigenvalue weighted by molar-refractivity contribution is 0.178. The van der Waals surface area contributed by atoms with Crippen LogP contribution in [0.15, 0.2) is 0 Å². The average molecular weight is 262 g/mol. The van der Waals surface area contributed by atoms with E-state index in [2.05, 4.69) is 10.0 Å². The summed E-state index contributed by atoms with van der Waals surface area (Å²) in [7, 11) is -3.26. The van der Waals surface area contributed by atoms with Crippen LogP contribution in [-0.4, -0.2) is 45.0 Å².